The molecule has 0 spiro atoms. The van der Waals surface area contributed by atoms with Crippen LogP contribution in [0.5, 0.6) is 0 Å². The zero-order valence-electron chi connectivity index (χ0n) is 11.8. The minimum atomic E-state index is 0.534. The number of rotatable bonds is 3. The number of aromatic nitrogens is 2. The second-order valence-electron chi connectivity index (χ2n) is 5.51. The number of halogens is 1. The Kier molecular flexibility index (Phi) is 3.97. The number of imidazole rings is 1. The molecule has 1 aromatic heterocycles. The number of anilines is 1. The van der Waals surface area contributed by atoms with Crippen LogP contribution in [0.15, 0.2) is 30.5 Å². The maximum absolute atomic E-state index is 6.31. The summed E-state index contributed by atoms with van der Waals surface area (Å²) < 4.78 is 2.06. The molecule has 2 aromatic rings. The van der Waals surface area contributed by atoms with E-state index in [1.54, 1.807) is 0 Å². The fraction of sp³-hybridized carbons (Fsp3) is 0.438. The van der Waals surface area contributed by atoms with Crippen LogP contribution in [0.3, 0.4) is 0 Å². The normalized spacial score (nSPS) is 16.3. The van der Waals surface area contributed by atoms with Gasteiger partial charge in [0.2, 0.25) is 5.95 Å². The van der Waals surface area contributed by atoms with E-state index in [1.165, 1.54) is 32.1 Å². The molecule has 0 radical (unpaired) electrons. The van der Waals surface area contributed by atoms with Crippen molar-refractivity contribution in [1.29, 1.82) is 0 Å². The third kappa shape index (κ3) is 2.83. The van der Waals surface area contributed by atoms with E-state index in [-0.39, 0.29) is 0 Å². The van der Waals surface area contributed by atoms with Crippen LogP contribution in [0, 0.1) is 6.92 Å². The van der Waals surface area contributed by atoms with E-state index >= 15 is 0 Å². The smallest absolute Gasteiger partial charge is 0.208 e. The SMILES string of the molecule is Cc1cn(-c2ccccc2Cl)c(NC2CCCCC2)n1. The summed E-state index contributed by atoms with van der Waals surface area (Å²) in [6.45, 7) is 2.01. The summed E-state index contributed by atoms with van der Waals surface area (Å²) in [5.74, 6) is 0.905. The van der Waals surface area contributed by atoms with Gasteiger partial charge in [-0.15, -0.1) is 0 Å². The summed E-state index contributed by atoms with van der Waals surface area (Å²) in [6, 6.07) is 8.42. The Morgan fingerprint density at radius 2 is 1.95 bits per heavy atom. The van der Waals surface area contributed by atoms with Crippen molar-refractivity contribution in [3.05, 3.63) is 41.2 Å². The van der Waals surface area contributed by atoms with E-state index in [2.05, 4.69) is 14.9 Å². The number of benzene rings is 1. The van der Waals surface area contributed by atoms with E-state index in [0.717, 1.165) is 22.4 Å². The molecule has 0 amide bonds. The molecule has 1 aliphatic rings. The summed E-state index contributed by atoms with van der Waals surface area (Å²) in [5, 5.41) is 4.34. The summed E-state index contributed by atoms with van der Waals surface area (Å²) in [5.41, 5.74) is 1.98. The quantitative estimate of drug-likeness (QED) is 0.896. The van der Waals surface area contributed by atoms with Crippen LogP contribution in [-0.4, -0.2) is 15.6 Å². The highest BCUT2D eigenvalue weighted by atomic mass is 35.5. The first kappa shape index (κ1) is 13.5. The van der Waals surface area contributed by atoms with Crippen molar-refractivity contribution in [1.82, 2.24) is 9.55 Å². The van der Waals surface area contributed by atoms with E-state index in [4.69, 9.17) is 11.6 Å². The molecule has 0 atom stereocenters. The molecule has 106 valence electrons. The van der Waals surface area contributed by atoms with Crippen molar-refractivity contribution in [2.24, 2.45) is 0 Å². The van der Waals surface area contributed by atoms with Gasteiger partial charge in [-0.25, -0.2) is 4.98 Å². The summed E-state index contributed by atoms with van der Waals surface area (Å²) in [6.07, 6.45) is 8.47. The molecular formula is C16H20ClN3. The average molecular weight is 290 g/mol. The van der Waals surface area contributed by atoms with E-state index < -0.39 is 0 Å². The predicted octanol–water partition coefficient (Wildman–Crippen LogP) is 4.58. The topological polar surface area (TPSA) is 29.9 Å². The van der Waals surface area contributed by atoms with Crippen molar-refractivity contribution >= 4 is 17.5 Å². The zero-order chi connectivity index (χ0) is 13.9. The molecule has 1 fully saturated rings. The molecule has 20 heavy (non-hydrogen) atoms. The molecule has 4 heteroatoms. The van der Waals surface area contributed by atoms with Gasteiger partial charge in [0.05, 0.1) is 16.4 Å². The van der Waals surface area contributed by atoms with E-state index in [1.807, 2.05) is 37.4 Å². The van der Waals surface area contributed by atoms with Crippen LogP contribution in [0.4, 0.5) is 5.95 Å². The second-order valence-corrected chi connectivity index (χ2v) is 5.91. The fourth-order valence-electron chi connectivity index (χ4n) is 2.86. The van der Waals surface area contributed by atoms with Gasteiger partial charge in [-0.3, -0.25) is 4.57 Å². The first-order valence-corrected chi connectivity index (χ1v) is 7.69. The van der Waals surface area contributed by atoms with Crippen LogP contribution in [-0.2, 0) is 0 Å². The minimum absolute atomic E-state index is 0.534. The predicted molar refractivity (Wildman–Crippen MR) is 83.8 cm³/mol. The third-order valence-corrected chi connectivity index (χ3v) is 4.20. The van der Waals surface area contributed by atoms with Gasteiger partial charge in [0.1, 0.15) is 0 Å². The van der Waals surface area contributed by atoms with Crippen LogP contribution >= 0.6 is 11.6 Å². The lowest BCUT2D eigenvalue weighted by Gasteiger charge is -2.23. The van der Waals surface area contributed by atoms with Crippen molar-refractivity contribution in [3.8, 4) is 5.69 Å². The van der Waals surface area contributed by atoms with Gasteiger partial charge >= 0.3 is 0 Å². The number of hydrogen-bond donors (Lipinski definition) is 1. The lowest BCUT2D eigenvalue weighted by molar-refractivity contribution is 0.460. The molecule has 0 aliphatic heterocycles. The summed E-state index contributed by atoms with van der Waals surface area (Å²) in [4.78, 5) is 4.62. The van der Waals surface area contributed by atoms with Crippen LogP contribution in [0.25, 0.3) is 5.69 Å². The van der Waals surface area contributed by atoms with Gasteiger partial charge in [0.25, 0.3) is 0 Å². The fourth-order valence-corrected chi connectivity index (χ4v) is 3.09. The van der Waals surface area contributed by atoms with Crippen molar-refractivity contribution in [3.63, 3.8) is 0 Å². The number of nitrogens with zero attached hydrogens (tertiary/aromatic N) is 2. The van der Waals surface area contributed by atoms with E-state index in [9.17, 15) is 0 Å². The average Bonchev–Trinajstić information content (AvgIpc) is 2.81. The Balaban J connectivity index is 1.90. The first-order valence-electron chi connectivity index (χ1n) is 7.31. The summed E-state index contributed by atoms with van der Waals surface area (Å²) >= 11 is 6.31. The van der Waals surface area contributed by atoms with Crippen LogP contribution < -0.4 is 5.32 Å². The van der Waals surface area contributed by atoms with Crippen molar-refractivity contribution in [2.75, 3.05) is 5.32 Å². The Morgan fingerprint density at radius 1 is 1.20 bits per heavy atom. The molecular weight excluding hydrogens is 270 g/mol. The Labute approximate surface area is 125 Å². The second kappa shape index (κ2) is 5.88. The lowest BCUT2D eigenvalue weighted by atomic mass is 9.96. The molecule has 1 N–H and O–H groups in total. The van der Waals surface area contributed by atoms with Crippen molar-refractivity contribution < 1.29 is 0 Å². The number of hydrogen-bond acceptors (Lipinski definition) is 2. The van der Waals surface area contributed by atoms with Crippen molar-refractivity contribution in [2.45, 2.75) is 45.1 Å². The Bertz CT molecular complexity index is 585. The third-order valence-electron chi connectivity index (χ3n) is 3.88. The molecule has 0 saturated heterocycles. The highest BCUT2D eigenvalue weighted by Gasteiger charge is 2.17. The highest BCUT2D eigenvalue weighted by molar-refractivity contribution is 6.32. The van der Waals surface area contributed by atoms with Crippen LogP contribution in [0.1, 0.15) is 37.8 Å². The van der Waals surface area contributed by atoms with Gasteiger partial charge in [0.15, 0.2) is 0 Å². The molecule has 3 nitrogen and oxygen atoms in total. The molecule has 1 aromatic carbocycles. The molecule has 3 rings (SSSR count). The highest BCUT2D eigenvalue weighted by Crippen LogP contribution is 2.26. The maximum atomic E-state index is 6.31. The number of aryl methyl sites for hydroxylation is 1. The number of nitrogens with one attached hydrogen (secondary N) is 1. The standard InChI is InChI=1S/C16H20ClN3/c1-12-11-20(15-10-6-5-9-14(15)17)16(18-12)19-13-7-3-2-4-8-13/h5-6,9-11,13H,2-4,7-8H2,1H3,(H,18,19). The summed E-state index contributed by atoms with van der Waals surface area (Å²) in [7, 11) is 0. The monoisotopic (exact) mass is 289 g/mol. The minimum Gasteiger partial charge on any atom is -0.353 e. The van der Waals surface area contributed by atoms with Gasteiger partial charge in [-0.05, 0) is 31.9 Å². The van der Waals surface area contributed by atoms with Crippen LogP contribution in [0.2, 0.25) is 5.02 Å². The molecule has 1 aliphatic carbocycles. The van der Waals surface area contributed by atoms with Gasteiger partial charge < -0.3 is 5.32 Å². The van der Waals surface area contributed by atoms with Gasteiger partial charge in [-0.1, -0.05) is 43.0 Å². The zero-order valence-corrected chi connectivity index (χ0v) is 12.5. The lowest BCUT2D eigenvalue weighted by Crippen LogP contribution is -2.24. The van der Waals surface area contributed by atoms with Gasteiger partial charge in [0, 0.05) is 12.2 Å². The largest absolute Gasteiger partial charge is 0.353 e. The maximum Gasteiger partial charge on any atom is 0.208 e. The molecule has 1 saturated carbocycles. The number of para-hydroxylation sites is 1. The van der Waals surface area contributed by atoms with E-state index in [0.29, 0.717) is 6.04 Å². The molecule has 0 unspecified atom stereocenters. The Hall–Kier alpha value is -1.48. The van der Waals surface area contributed by atoms with Gasteiger partial charge in [-0.2, -0.15) is 0 Å². The molecule has 0 bridgehead atoms. The molecule has 1 heterocycles. The Morgan fingerprint density at radius 3 is 2.70 bits per heavy atom. The first-order chi connectivity index (χ1) is 9.74.